The largest absolute Gasteiger partial charge is 0.446 e. The van der Waals surface area contributed by atoms with Gasteiger partial charge in [-0.25, -0.2) is 13.1 Å². The lowest BCUT2D eigenvalue weighted by Crippen LogP contribution is -2.31. The summed E-state index contributed by atoms with van der Waals surface area (Å²) in [5.74, 6) is -0.341. The Bertz CT molecular complexity index is 1650. The molecule has 41 heavy (non-hydrogen) atoms. The van der Waals surface area contributed by atoms with Crippen molar-refractivity contribution in [1.29, 1.82) is 5.26 Å². The minimum absolute atomic E-state index is 0.0168. The van der Waals surface area contributed by atoms with Gasteiger partial charge in [0, 0.05) is 23.5 Å². The van der Waals surface area contributed by atoms with Gasteiger partial charge in [-0.2, -0.15) is 18.4 Å². The summed E-state index contributed by atoms with van der Waals surface area (Å²) in [5.41, 5.74) is -1.60. The molecule has 0 aliphatic rings. The van der Waals surface area contributed by atoms with Crippen LogP contribution in [0.3, 0.4) is 0 Å². The first kappa shape index (κ1) is 29.7. The van der Waals surface area contributed by atoms with E-state index in [-0.39, 0.29) is 52.5 Å². The summed E-state index contributed by atoms with van der Waals surface area (Å²) < 4.78 is 66.1. The van der Waals surface area contributed by atoms with Gasteiger partial charge in [0.25, 0.3) is 10.0 Å². The zero-order valence-corrected chi connectivity index (χ0v) is 23.1. The van der Waals surface area contributed by atoms with Crippen LogP contribution in [0, 0.1) is 11.5 Å². The molecule has 0 unspecified atom stereocenters. The predicted molar refractivity (Wildman–Crippen MR) is 151 cm³/mol. The highest BCUT2D eigenvalue weighted by Gasteiger charge is 2.31. The van der Waals surface area contributed by atoms with Crippen LogP contribution in [0.4, 0.5) is 13.2 Å². The van der Waals surface area contributed by atoms with Crippen molar-refractivity contribution in [1.82, 2.24) is 9.62 Å². The third-order valence-electron chi connectivity index (χ3n) is 6.10. The fraction of sp³-hybridized carbons (Fsp3) is 0.133. The number of benzene rings is 4. The standard InChI is InChI=1S/C30H24F3N3O3S2/c31-30(32,33)40-27-12-6-4-10-25(27)18-29(37)36(19-22-8-2-1-3-9-22)20-23-14-16-24(17-15-23)26-11-5-7-13-28(26)41(38,39)35-21-34/h1-17,35H,18-20H2. The summed E-state index contributed by atoms with van der Waals surface area (Å²) in [5, 5.41) is 8.83. The van der Waals surface area contributed by atoms with Crippen molar-refractivity contribution in [2.75, 3.05) is 0 Å². The van der Waals surface area contributed by atoms with Crippen molar-refractivity contribution in [2.24, 2.45) is 0 Å². The van der Waals surface area contributed by atoms with Gasteiger partial charge in [0.15, 0.2) is 6.19 Å². The fourth-order valence-corrected chi connectivity index (χ4v) is 5.88. The van der Waals surface area contributed by atoms with Gasteiger partial charge in [-0.05, 0) is 46.1 Å². The number of nitrogens with one attached hydrogen (secondary N) is 1. The lowest BCUT2D eigenvalue weighted by molar-refractivity contribution is -0.131. The van der Waals surface area contributed by atoms with Gasteiger partial charge in [-0.15, -0.1) is 0 Å². The van der Waals surface area contributed by atoms with Crippen LogP contribution >= 0.6 is 11.8 Å². The topological polar surface area (TPSA) is 90.3 Å². The van der Waals surface area contributed by atoms with Gasteiger partial charge in [0.1, 0.15) is 0 Å². The van der Waals surface area contributed by atoms with Crippen molar-refractivity contribution in [3.63, 3.8) is 0 Å². The van der Waals surface area contributed by atoms with Crippen LogP contribution in [0.25, 0.3) is 11.1 Å². The number of amides is 1. The van der Waals surface area contributed by atoms with Crippen LogP contribution < -0.4 is 4.72 Å². The Morgan fingerprint density at radius 2 is 1.41 bits per heavy atom. The number of nitriles is 1. The lowest BCUT2D eigenvalue weighted by atomic mass is 10.0. The van der Waals surface area contributed by atoms with Crippen LogP contribution in [-0.4, -0.2) is 24.7 Å². The second-order valence-electron chi connectivity index (χ2n) is 8.98. The van der Waals surface area contributed by atoms with Crippen molar-refractivity contribution >= 4 is 27.7 Å². The lowest BCUT2D eigenvalue weighted by Gasteiger charge is -2.24. The number of halogens is 3. The van der Waals surface area contributed by atoms with Crippen LogP contribution in [0.15, 0.2) is 113 Å². The molecule has 0 radical (unpaired) electrons. The number of alkyl halides is 3. The maximum Gasteiger partial charge on any atom is 0.446 e. The average Bonchev–Trinajstić information content (AvgIpc) is 2.94. The summed E-state index contributed by atoms with van der Waals surface area (Å²) in [6.45, 7) is 0.426. The maximum absolute atomic E-state index is 13.5. The summed E-state index contributed by atoms with van der Waals surface area (Å²) in [4.78, 5) is 15.0. The monoisotopic (exact) mass is 595 g/mol. The van der Waals surface area contributed by atoms with Gasteiger partial charge in [-0.3, -0.25) is 4.79 Å². The fourth-order valence-electron chi connectivity index (χ4n) is 4.25. The maximum atomic E-state index is 13.5. The van der Waals surface area contributed by atoms with Gasteiger partial charge in [-0.1, -0.05) is 91.0 Å². The van der Waals surface area contributed by atoms with Crippen LogP contribution in [0.5, 0.6) is 0 Å². The summed E-state index contributed by atoms with van der Waals surface area (Å²) in [7, 11) is -4.05. The molecule has 0 aromatic heterocycles. The molecule has 1 amide bonds. The Morgan fingerprint density at radius 3 is 2.07 bits per heavy atom. The van der Waals surface area contributed by atoms with E-state index in [0.717, 1.165) is 11.1 Å². The Labute approximate surface area is 240 Å². The van der Waals surface area contributed by atoms with Gasteiger partial charge < -0.3 is 4.90 Å². The predicted octanol–water partition coefficient (Wildman–Crippen LogP) is 6.50. The van der Waals surface area contributed by atoms with E-state index in [1.807, 2.05) is 35.1 Å². The van der Waals surface area contributed by atoms with Crippen LogP contribution in [0.1, 0.15) is 16.7 Å². The number of sulfonamides is 1. The first-order valence-corrected chi connectivity index (χ1v) is 14.6. The Balaban J connectivity index is 1.60. The molecule has 11 heteroatoms. The SMILES string of the molecule is N#CNS(=O)(=O)c1ccccc1-c1ccc(CN(Cc2ccccc2)C(=O)Cc2ccccc2SC(F)(F)F)cc1. The van der Waals surface area contributed by atoms with E-state index in [9.17, 15) is 26.4 Å². The summed E-state index contributed by atoms with van der Waals surface area (Å²) in [6.07, 6.45) is 1.24. The van der Waals surface area contributed by atoms with Gasteiger partial charge in [0.2, 0.25) is 5.91 Å². The third-order valence-corrected chi connectivity index (χ3v) is 8.25. The molecule has 0 bridgehead atoms. The number of carbonyl (C=O) groups is 1. The van der Waals surface area contributed by atoms with Crippen LogP contribution in [-0.2, 0) is 34.3 Å². The quantitative estimate of drug-likeness (QED) is 0.129. The second kappa shape index (κ2) is 12.9. The highest BCUT2D eigenvalue weighted by molar-refractivity contribution is 8.00. The third kappa shape index (κ3) is 8.13. The zero-order chi connectivity index (χ0) is 29.5. The smallest absolute Gasteiger partial charge is 0.334 e. The van der Waals surface area contributed by atoms with E-state index in [0.29, 0.717) is 11.1 Å². The Kier molecular flexibility index (Phi) is 9.37. The first-order valence-electron chi connectivity index (χ1n) is 12.3. The van der Waals surface area contributed by atoms with E-state index >= 15 is 0 Å². The molecule has 0 atom stereocenters. The molecule has 1 N–H and O–H groups in total. The molecule has 4 aromatic rings. The molecule has 0 aliphatic carbocycles. The summed E-state index contributed by atoms with van der Waals surface area (Å²) in [6, 6.07) is 28.5. The minimum Gasteiger partial charge on any atom is -0.334 e. The minimum atomic E-state index is -4.48. The molecule has 0 saturated heterocycles. The first-order chi connectivity index (χ1) is 19.6. The van der Waals surface area contributed by atoms with Gasteiger partial charge in [0.05, 0.1) is 11.3 Å². The number of hydrogen-bond donors (Lipinski definition) is 1. The number of carbonyl (C=O) groups excluding carboxylic acids is 1. The number of thioether (sulfide) groups is 1. The molecule has 0 spiro atoms. The molecular formula is C30H24F3N3O3S2. The normalized spacial score (nSPS) is 11.5. The second-order valence-corrected chi connectivity index (χ2v) is 11.7. The Hall–Kier alpha value is -4.27. The molecule has 4 aromatic carbocycles. The number of nitrogens with zero attached hydrogens (tertiary/aromatic N) is 2. The van der Waals surface area contributed by atoms with E-state index < -0.39 is 15.5 Å². The Morgan fingerprint density at radius 1 is 0.829 bits per heavy atom. The molecule has 0 fully saturated rings. The molecule has 0 aliphatic heterocycles. The molecular weight excluding hydrogens is 571 g/mol. The van der Waals surface area contributed by atoms with E-state index in [2.05, 4.69) is 0 Å². The molecule has 0 saturated carbocycles. The van der Waals surface area contributed by atoms with E-state index in [1.165, 1.54) is 30.5 Å². The van der Waals surface area contributed by atoms with Crippen LogP contribution in [0.2, 0.25) is 0 Å². The molecule has 6 nitrogen and oxygen atoms in total. The van der Waals surface area contributed by atoms with Crippen molar-refractivity contribution in [2.45, 2.75) is 34.8 Å². The van der Waals surface area contributed by atoms with Crippen molar-refractivity contribution < 1.29 is 26.4 Å². The van der Waals surface area contributed by atoms with Gasteiger partial charge >= 0.3 is 5.51 Å². The van der Waals surface area contributed by atoms with E-state index in [4.69, 9.17) is 5.26 Å². The van der Waals surface area contributed by atoms with E-state index in [1.54, 1.807) is 53.4 Å². The zero-order valence-electron chi connectivity index (χ0n) is 21.5. The number of rotatable bonds is 10. The molecule has 0 heterocycles. The highest BCUT2D eigenvalue weighted by atomic mass is 32.2. The summed E-state index contributed by atoms with van der Waals surface area (Å²) >= 11 is -0.241. The highest BCUT2D eigenvalue weighted by Crippen LogP contribution is 2.38. The van der Waals surface area contributed by atoms with Crippen molar-refractivity contribution in [3.8, 4) is 17.3 Å². The average molecular weight is 596 g/mol. The molecule has 4 rings (SSSR count). The molecule has 210 valence electrons. The van der Waals surface area contributed by atoms with Crippen molar-refractivity contribution in [3.05, 3.63) is 120 Å². The number of hydrogen-bond acceptors (Lipinski definition) is 5.